The van der Waals surface area contributed by atoms with Crippen LogP contribution < -0.4 is 4.74 Å². The summed E-state index contributed by atoms with van der Waals surface area (Å²) < 4.78 is 31.5. The van der Waals surface area contributed by atoms with Crippen molar-refractivity contribution >= 4 is 10.9 Å². The highest BCUT2D eigenvalue weighted by molar-refractivity contribution is 5.80. The van der Waals surface area contributed by atoms with Crippen LogP contribution in [0.5, 0.6) is 5.75 Å². The van der Waals surface area contributed by atoms with Crippen LogP contribution in [0.4, 0.5) is 8.78 Å². The second-order valence-corrected chi connectivity index (χ2v) is 4.04. The zero-order valence-electron chi connectivity index (χ0n) is 9.88. The predicted molar refractivity (Wildman–Crippen MR) is 66.1 cm³/mol. The molecule has 0 aliphatic carbocycles. The fourth-order valence-corrected chi connectivity index (χ4v) is 1.90. The first kappa shape index (κ1) is 11.7. The number of aromatic nitrogens is 3. The molecule has 3 rings (SSSR count). The van der Waals surface area contributed by atoms with Crippen molar-refractivity contribution in [1.29, 1.82) is 0 Å². The number of aromatic amines is 1. The number of hydrogen-bond acceptors (Lipinski definition) is 2. The van der Waals surface area contributed by atoms with Crippen molar-refractivity contribution in [2.24, 2.45) is 0 Å². The molecule has 0 amide bonds. The molecule has 0 fully saturated rings. The smallest absolute Gasteiger partial charge is 0.320 e. The summed E-state index contributed by atoms with van der Waals surface area (Å²) in [6, 6.07) is 7.43. The number of rotatable bonds is 4. The molecule has 6 heteroatoms. The SMILES string of the molecule is FC(F)n1ccnc1COc1ccc2[nH]ccc2c1. The van der Waals surface area contributed by atoms with E-state index in [0.717, 1.165) is 15.5 Å². The Kier molecular flexibility index (Phi) is 2.91. The summed E-state index contributed by atoms with van der Waals surface area (Å²) >= 11 is 0. The van der Waals surface area contributed by atoms with E-state index in [1.165, 1.54) is 12.4 Å². The van der Waals surface area contributed by atoms with E-state index in [9.17, 15) is 8.78 Å². The van der Waals surface area contributed by atoms with Gasteiger partial charge in [0, 0.05) is 29.5 Å². The van der Waals surface area contributed by atoms with Gasteiger partial charge in [-0.2, -0.15) is 8.78 Å². The van der Waals surface area contributed by atoms with Crippen LogP contribution in [0.1, 0.15) is 12.4 Å². The number of benzene rings is 1. The quantitative estimate of drug-likeness (QED) is 0.784. The van der Waals surface area contributed by atoms with Gasteiger partial charge in [-0.25, -0.2) is 4.98 Å². The summed E-state index contributed by atoms with van der Waals surface area (Å²) in [6.07, 6.45) is 4.40. The highest BCUT2D eigenvalue weighted by Gasteiger charge is 2.11. The van der Waals surface area contributed by atoms with E-state index in [4.69, 9.17) is 4.74 Å². The highest BCUT2D eigenvalue weighted by atomic mass is 19.3. The van der Waals surface area contributed by atoms with Crippen molar-refractivity contribution in [3.8, 4) is 5.75 Å². The Morgan fingerprint density at radius 2 is 2.21 bits per heavy atom. The molecule has 0 saturated carbocycles. The van der Waals surface area contributed by atoms with E-state index < -0.39 is 6.55 Å². The lowest BCUT2D eigenvalue weighted by Crippen LogP contribution is -2.07. The summed E-state index contributed by atoms with van der Waals surface area (Å²) in [7, 11) is 0. The summed E-state index contributed by atoms with van der Waals surface area (Å²) in [5.74, 6) is 0.820. The van der Waals surface area contributed by atoms with E-state index in [2.05, 4.69) is 9.97 Å². The van der Waals surface area contributed by atoms with Crippen LogP contribution in [-0.4, -0.2) is 14.5 Å². The molecule has 0 aliphatic heterocycles. The fraction of sp³-hybridized carbons (Fsp3) is 0.154. The van der Waals surface area contributed by atoms with Crippen LogP contribution in [0.3, 0.4) is 0 Å². The van der Waals surface area contributed by atoms with Crippen molar-refractivity contribution in [1.82, 2.24) is 14.5 Å². The lowest BCUT2D eigenvalue weighted by Gasteiger charge is -2.08. The van der Waals surface area contributed by atoms with Crippen molar-refractivity contribution < 1.29 is 13.5 Å². The molecule has 2 aromatic heterocycles. The van der Waals surface area contributed by atoms with E-state index in [1.807, 2.05) is 24.4 Å². The van der Waals surface area contributed by atoms with Gasteiger partial charge in [-0.05, 0) is 24.3 Å². The molecule has 98 valence electrons. The zero-order chi connectivity index (χ0) is 13.2. The van der Waals surface area contributed by atoms with E-state index in [-0.39, 0.29) is 12.4 Å². The van der Waals surface area contributed by atoms with Gasteiger partial charge in [-0.3, -0.25) is 4.57 Å². The summed E-state index contributed by atoms with van der Waals surface area (Å²) in [6.45, 7) is -2.60. The molecule has 0 radical (unpaired) electrons. The van der Waals surface area contributed by atoms with Gasteiger partial charge >= 0.3 is 6.55 Å². The van der Waals surface area contributed by atoms with Crippen molar-refractivity contribution in [2.75, 3.05) is 0 Å². The van der Waals surface area contributed by atoms with Gasteiger partial charge in [-0.15, -0.1) is 0 Å². The standard InChI is InChI=1S/C13H11F2N3O/c14-13(15)18-6-5-17-12(18)8-19-10-1-2-11-9(7-10)3-4-16-11/h1-7,13,16H,8H2. The Morgan fingerprint density at radius 3 is 3.05 bits per heavy atom. The number of nitrogens with zero attached hydrogens (tertiary/aromatic N) is 2. The topological polar surface area (TPSA) is 42.8 Å². The number of ether oxygens (including phenoxy) is 1. The molecule has 0 saturated heterocycles. The first-order valence-corrected chi connectivity index (χ1v) is 5.74. The highest BCUT2D eigenvalue weighted by Crippen LogP contribution is 2.21. The van der Waals surface area contributed by atoms with Crippen LogP contribution in [0.25, 0.3) is 10.9 Å². The Morgan fingerprint density at radius 1 is 1.32 bits per heavy atom. The molecule has 4 nitrogen and oxygen atoms in total. The third-order valence-corrected chi connectivity index (χ3v) is 2.85. The minimum atomic E-state index is -2.60. The maximum atomic E-state index is 12.6. The first-order chi connectivity index (χ1) is 9.24. The molecule has 0 bridgehead atoms. The van der Waals surface area contributed by atoms with Crippen LogP contribution in [-0.2, 0) is 6.61 Å². The van der Waals surface area contributed by atoms with Crippen molar-refractivity contribution in [2.45, 2.75) is 13.2 Å². The van der Waals surface area contributed by atoms with Crippen molar-refractivity contribution in [3.05, 3.63) is 48.7 Å². The minimum absolute atomic E-state index is 0.00721. The second-order valence-electron chi connectivity index (χ2n) is 4.04. The van der Waals surface area contributed by atoms with Gasteiger partial charge < -0.3 is 9.72 Å². The lowest BCUT2D eigenvalue weighted by atomic mass is 10.2. The normalized spacial score (nSPS) is 11.3. The molecule has 3 aromatic rings. The molecule has 2 heterocycles. The minimum Gasteiger partial charge on any atom is -0.486 e. The zero-order valence-corrected chi connectivity index (χ0v) is 9.88. The third kappa shape index (κ3) is 2.29. The van der Waals surface area contributed by atoms with E-state index in [0.29, 0.717) is 5.75 Å². The third-order valence-electron chi connectivity index (χ3n) is 2.85. The van der Waals surface area contributed by atoms with Gasteiger partial charge in [0.1, 0.15) is 12.4 Å². The maximum Gasteiger partial charge on any atom is 0.320 e. The van der Waals surface area contributed by atoms with Gasteiger partial charge in [0.2, 0.25) is 0 Å². The second kappa shape index (κ2) is 4.72. The average molecular weight is 263 g/mol. The number of nitrogens with one attached hydrogen (secondary N) is 1. The fourth-order valence-electron chi connectivity index (χ4n) is 1.90. The molecule has 0 aliphatic rings. The number of fused-ring (bicyclic) bond motifs is 1. The molecule has 1 N–H and O–H groups in total. The van der Waals surface area contributed by atoms with E-state index >= 15 is 0 Å². The van der Waals surface area contributed by atoms with Gasteiger partial charge in [0.25, 0.3) is 0 Å². The van der Waals surface area contributed by atoms with Crippen molar-refractivity contribution in [3.63, 3.8) is 0 Å². The summed E-state index contributed by atoms with van der Waals surface area (Å²) in [5.41, 5.74) is 1.00. The van der Waals surface area contributed by atoms with Gasteiger partial charge in [-0.1, -0.05) is 0 Å². The van der Waals surface area contributed by atoms with Crippen LogP contribution >= 0.6 is 0 Å². The molecule has 0 atom stereocenters. The van der Waals surface area contributed by atoms with Crippen LogP contribution in [0.2, 0.25) is 0 Å². The number of H-pyrrole nitrogens is 1. The number of hydrogen-bond donors (Lipinski definition) is 1. The molecule has 0 unspecified atom stereocenters. The molecule has 1 aromatic carbocycles. The summed E-state index contributed by atoms with van der Waals surface area (Å²) in [4.78, 5) is 6.93. The Hall–Kier alpha value is -2.37. The monoisotopic (exact) mass is 263 g/mol. The number of imidazole rings is 1. The molecular weight excluding hydrogens is 252 g/mol. The van der Waals surface area contributed by atoms with Gasteiger partial charge in [0.15, 0.2) is 5.82 Å². The average Bonchev–Trinajstić information content (AvgIpc) is 3.04. The summed E-state index contributed by atoms with van der Waals surface area (Å²) in [5, 5.41) is 1.01. The Bertz CT molecular complexity index is 690. The Labute approximate surface area is 107 Å². The Balaban J connectivity index is 1.76. The predicted octanol–water partition coefficient (Wildman–Crippen LogP) is 3.34. The van der Waals surface area contributed by atoms with Crippen LogP contribution in [0.15, 0.2) is 42.9 Å². The molecular formula is C13H11F2N3O. The maximum absolute atomic E-state index is 12.6. The lowest BCUT2D eigenvalue weighted by molar-refractivity contribution is 0.0632. The van der Waals surface area contributed by atoms with E-state index in [1.54, 1.807) is 6.07 Å². The number of alkyl halides is 2. The number of halogens is 2. The molecule has 0 spiro atoms. The first-order valence-electron chi connectivity index (χ1n) is 5.74. The molecule has 19 heavy (non-hydrogen) atoms. The van der Waals surface area contributed by atoms with Gasteiger partial charge in [0.05, 0.1) is 0 Å². The van der Waals surface area contributed by atoms with Crippen LogP contribution in [0, 0.1) is 0 Å². The largest absolute Gasteiger partial charge is 0.486 e.